The fourth-order valence-electron chi connectivity index (χ4n) is 1.19. The highest BCUT2D eigenvalue weighted by Crippen LogP contribution is 2.13. The average Bonchev–Trinajstić information content (AvgIpc) is 2.64. The van der Waals surface area contributed by atoms with Crippen molar-refractivity contribution < 1.29 is 9.90 Å². The standard InChI is InChI=1S/C9H7NO2.CH5N/c11-9(12)8-5-6-3-1-2-4-7(6)10-8;1-2/h1-5,10H,(H,11,12);2H2,1H3. The SMILES string of the molecule is CN.O=C(O)c1cc2ccccc2[nH]1. The van der Waals surface area contributed by atoms with E-state index in [4.69, 9.17) is 5.11 Å². The Balaban J connectivity index is 0.000000461. The van der Waals surface area contributed by atoms with Crippen LogP contribution in [-0.4, -0.2) is 23.1 Å². The van der Waals surface area contributed by atoms with Crippen molar-refractivity contribution in [2.75, 3.05) is 7.05 Å². The highest BCUT2D eigenvalue weighted by Gasteiger charge is 2.05. The van der Waals surface area contributed by atoms with Crippen LogP contribution in [0.2, 0.25) is 0 Å². The molecule has 0 atom stereocenters. The Hall–Kier alpha value is -1.81. The van der Waals surface area contributed by atoms with E-state index in [1.807, 2.05) is 24.3 Å². The largest absolute Gasteiger partial charge is 0.477 e. The summed E-state index contributed by atoms with van der Waals surface area (Å²) in [5.74, 6) is -0.925. The van der Waals surface area contributed by atoms with Gasteiger partial charge in [0.05, 0.1) is 0 Å². The molecule has 0 spiro atoms. The maximum atomic E-state index is 10.5. The molecule has 14 heavy (non-hydrogen) atoms. The Labute approximate surface area is 81.4 Å². The summed E-state index contributed by atoms with van der Waals surface area (Å²) in [6.07, 6.45) is 0. The van der Waals surface area contributed by atoms with Crippen LogP contribution in [0.3, 0.4) is 0 Å². The Bertz CT molecular complexity index is 401. The minimum atomic E-state index is -0.925. The first-order valence-corrected chi connectivity index (χ1v) is 4.16. The lowest BCUT2D eigenvalue weighted by Gasteiger charge is -1.84. The third-order valence-electron chi connectivity index (χ3n) is 1.76. The van der Waals surface area contributed by atoms with E-state index in [-0.39, 0.29) is 5.69 Å². The van der Waals surface area contributed by atoms with Crippen LogP contribution in [0.15, 0.2) is 30.3 Å². The van der Waals surface area contributed by atoms with E-state index in [9.17, 15) is 4.79 Å². The van der Waals surface area contributed by atoms with Gasteiger partial charge in [-0.25, -0.2) is 4.79 Å². The Kier molecular flexibility index (Phi) is 3.25. The number of carboxylic acids is 1. The summed E-state index contributed by atoms with van der Waals surface area (Å²) in [5.41, 5.74) is 5.59. The van der Waals surface area contributed by atoms with Crippen LogP contribution in [0.5, 0.6) is 0 Å². The molecule has 4 N–H and O–H groups in total. The number of rotatable bonds is 1. The highest BCUT2D eigenvalue weighted by molar-refractivity contribution is 5.93. The molecular formula is C10H12N2O2. The number of aromatic carboxylic acids is 1. The zero-order valence-electron chi connectivity index (χ0n) is 7.82. The normalized spacial score (nSPS) is 9.29. The van der Waals surface area contributed by atoms with Gasteiger partial charge < -0.3 is 15.8 Å². The van der Waals surface area contributed by atoms with Gasteiger partial charge in [-0.1, -0.05) is 18.2 Å². The van der Waals surface area contributed by atoms with E-state index >= 15 is 0 Å². The van der Waals surface area contributed by atoms with Crippen LogP contribution in [0.4, 0.5) is 0 Å². The molecule has 0 saturated heterocycles. The predicted octanol–water partition coefficient (Wildman–Crippen LogP) is 1.44. The fourth-order valence-corrected chi connectivity index (χ4v) is 1.19. The van der Waals surface area contributed by atoms with Crippen molar-refractivity contribution in [3.8, 4) is 0 Å². The topological polar surface area (TPSA) is 79.1 Å². The van der Waals surface area contributed by atoms with Crippen LogP contribution in [0, 0.1) is 0 Å². The number of hydrogen-bond acceptors (Lipinski definition) is 2. The van der Waals surface area contributed by atoms with Crippen LogP contribution < -0.4 is 5.73 Å². The fraction of sp³-hybridized carbons (Fsp3) is 0.100. The van der Waals surface area contributed by atoms with Gasteiger partial charge in [-0.05, 0) is 19.2 Å². The molecule has 1 aromatic carbocycles. The van der Waals surface area contributed by atoms with Crippen molar-refractivity contribution in [1.29, 1.82) is 0 Å². The second kappa shape index (κ2) is 4.43. The molecule has 0 amide bonds. The van der Waals surface area contributed by atoms with Gasteiger partial charge in [0.25, 0.3) is 0 Å². The van der Waals surface area contributed by atoms with Gasteiger partial charge >= 0.3 is 5.97 Å². The number of aromatic amines is 1. The average molecular weight is 192 g/mol. The number of benzene rings is 1. The minimum absolute atomic E-state index is 0.233. The van der Waals surface area contributed by atoms with Gasteiger partial charge in [0.15, 0.2) is 0 Å². The Morgan fingerprint density at radius 3 is 2.57 bits per heavy atom. The zero-order valence-corrected chi connectivity index (χ0v) is 7.82. The molecule has 4 heteroatoms. The predicted molar refractivity (Wildman–Crippen MR) is 55.4 cm³/mol. The summed E-state index contributed by atoms with van der Waals surface area (Å²) >= 11 is 0. The van der Waals surface area contributed by atoms with E-state index in [2.05, 4.69) is 10.7 Å². The number of para-hydroxylation sites is 1. The summed E-state index contributed by atoms with van der Waals surface area (Å²) < 4.78 is 0. The molecule has 4 nitrogen and oxygen atoms in total. The molecule has 1 aromatic heterocycles. The monoisotopic (exact) mass is 192 g/mol. The van der Waals surface area contributed by atoms with Crippen LogP contribution >= 0.6 is 0 Å². The Morgan fingerprint density at radius 2 is 2.00 bits per heavy atom. The number of aromatic nitrogens is 1. The first-order chi connectivity index (χ1) is 6.77. The molecule has 0 saturated carbocycles. The second-order valence-corrected chi connectivity index (χ2v) is 2.58. The van der Waals surface area contributed by atoms with Gasteiger partial charge in [0, 0.05) is 10.9 Å². The quantitative estimate of drug-likeness (QED) is 0.639. The van der Waals surface area contributed by atoms with E-state index in [1.165, 1.54) is 7.05 Å². The maximum Gasteiger partial charge on any atom is 0.352 e. The third-order valence-corrected chi connectivity index (χ3v) is 1.76. The van der Waals surface area contributed by atoms with Crippen molar-refractivity contribution in [2.45, 2.75) is 0 Å². The molecule has 0 aliphatic carbocycles. The van der Waals surface area contributed by atoms with Gasteiger partial charge in [-0.15, -0.1) is 0 Å². The van der Waals surface area contributed by atoms with Gasteiger partial charge in [-0.3, -0.25) is 0 Å². The molecular weight excluding hydrogens is 180 g/mol. The van der Waals surface area contributed by atoms with Crippen LogP contribution in [-0.2, 0) is 0 Å². The molecule has 0 unspecified atom stereocenters. The number of hydrogen-bond donors (Lipinski definition) is 3. The first kappa shape index (κ1) is 10.3. The molecule has 2 aromatic rings. The van der Waals surface area contributed by atoms with Crippen molar-refractivity contribution in [3.05, 3.63) is 36.0 Å². The first-order valence-electron chi connectivity index (χ1n) is 4.16. The van der Waals surface area contributed by atoms with E-state index in [0.717, 1.165) is 10.9 Å². The number of fused-ring (bicyclic) bond motifs is 1. The zero-order chi connectivity index (χ0) is 10.6. The van der Waals surface area contributed by atoms with Crippen molar-refractivity contribution >= 4 is 16.9 Å². The summed E-state index contributed by atoms with van der Waals surface area (Å²) in [4.78, 5) is 13.3. The van der Waals surface area contributed by atoms with E-state index in [0.29, 0.717) is 0 Å². The van der Waals surface area contributed by atoms with Crippen molar-refractivity contribution in [3.63, 3.8) is 0 Å². The molecule has 74 valence electrons. The van der Waals surface area contributed by atoms with Crippen molar-refractivity contribution in [1.82, 2.24) is 4.98 Å². The molecule has 2 rings (SSSR count). The van der Waals surface area contributed by atoms with Gasteiger partial charge in [-0.2, -0.15) is 0 Å². The molecule has 0 radical (unpaired) electrons. The number of carbonyl (C=O) groups is 1. The Morgan fingerprint density at radius 1 is 1.36 bits per heavy atom. The van der Waals surface area contributed by atoms with Crippen LogP contribution in [0.1, 0.15) is 10.5 Å². The lowest BCUT2D eigenvalue weighted by Crippen LogP contribution is -1.94. The van der Waals surface area contributed by atoms with Crippen LogP contribution in [0.25, 0.3) is 10.9 Å². The lowest BCUT2D eigenvalue weighted by atomic mass is 10.2. The molecule has 0 bridgehead atoms. The second-order valence-electron chi connectivity index (χ2n) is 2.58. The minimum Gasteiger partial charge on any atom is -0.477 e. The number of H-pyrrole nitrogens is 1. The smallest absolute Gasteiger partial charge is 0.352 e. The maximum absolute atomic E-state index is 10.5. The lowest BCUT2D eigenvalue weighted by molar-refractivity contribution is 0.0691. The number of nitrogens with one attached hydrogen (secondary N) is 1. The number of nitrogens with two attached hydrogens (primary N) is 1. The van der Waals surface area contributed by atoms with Gasteiger partial charge in [0.2, 0.25) is 0 Å². The highest BCUT2D eigenvalue weighted by atomic mass is 16.4. The van der Waals surface area contributed by atoms with Crippen molar-refractivity contribution in [2.24, 2.45) is 5.73 Å². The molecule has 1 heterocycles. The molecule has 0 aliphatic rings. The molecule has 0 fully saturated rings. The van der Waals surface area contributed by atoms with E-state index < -0.39 is 5.97 Å². The summed E-state index contributed by atoms with van der Waals surface area (Å²) in [5, 5.41) is 9.58. The number of carboxylic acid groups (broad SMARTS) is 1. The van der Waals surface area contributed by atoms with Gasteiger partial charge in [0.1, 0.15) is 5.69 Å². The third kappa shape index (κ3) is 1.92. The summed E-state index contributed by atoms with van der Waals surface area (Å²) in [7, 11) is 1.50. The summed E-state index contributed by atoms with van der Waals surface area (Å²) in [6.45, 7) is 0. The summed E-state index contributed by atoms with van der Waals surface area (Å²) in [6, 6.07) is 9.09. The molecule has 0 aliphatic heterocycles. The van der Waals surface area contributed by atoms with E-state index in [1.54, 1.807) is 6.07 Å².